The van der Waals surface area contributed by atoms with Crippen molar-refractivity contribution in [2.45, 2.75) is 39.4 Å². The minimum Gasteiger partial charge on any atom is -0.313 e. The number of aromatic nitrogens is 2. The van der Waals surface area contributed by atoms with Gasteiger partial charge >= 0.3 is 6.18 Å². The SMILES string of the molecule is CCSCC(C)NCCc1nc(C)cc(C(F)(F)F)n1. The zero-order valence-corrected chi connectivity index (χ0v) is 12.7. The van der Waals surface area contributed by atoms with Gasteiger partial charge in [-0.15, -0.1) is 0 Å². The van der Waals surface area contributed by atoms with Crippen LogP contribution in [0.4, 0.5) is 13.2 Å². The highest BCUT2D eigenvalue weighted by atomic mass is 32.2. The average molecular weight is 307 g/mol. The fourth-order valence-electron chi connectivity index (χ4n) is 1.67. The summed E-state index contributed by atoms with van der Waals surface area (Å²) < 4.78 is 37.9. The van der Waals surface area contributed by atoms with Crippen LogP contribution in [0, 0.1) is 6.92 Å². The van der Waals surface area contributed by atoms with Gasteiger partial charge in [-0.1, -0.05) is 6.92 Å². The highest BCUT2D eigenvalue weighted by molar-refractivity contribution is 7.99. The highest BCUT2D eigenvalue weighted by Gasteiger charge is 2.33. The second-order valence-electron chi connectivity index (χ2n) is 4.57. The van der Waals surface area contributed by atoms with Gasteiger partial charge in [-0.05, 0) is 25.7 Å². The summed E-state index contributed by atoms with van der Waals surface area (Å²) >= 11 is 1.83. The molecule has 0 amide bonds. The largest absolute Gasteiger partial charge is 0.433 e. The van der Waals surface area contributed by atoms with Gasteiger partial charge in [-0.2, -0.15) is 24.9 Å². The third-order valence-corrected chi connectivity index (χ3v) is 3.75. The molecule has 0 saturated carbocycles. The molecule has 1 aromatic heterocycles. The predicted octanol–water partition coefficient (Wildman–Crippen LogP) is 3.08. The molecule has 1 unspecified atom stereocenters. The van der Waals surface area contributed by atoms with Crippen LogP contribution in [-0.2, 0) is 12.6 Å². The van der Waals surface area contributed by atoms with E-state index in [0.29, 0.717) is 24.7 Å². The summed E-state index contributed by atoms with van der Waals surface area (Å²) in [5.74, 6) is 2.28. The molecule has 7 heteroatoms. The van der Waals surface area contributed by atoms with Gasteiger partial charge in [0, 0.05) is 30.5 Å². The minimum atomic E-state index is -4.42. The molecule has 0 spiro atoms. The maximum atomic E-state index is 12.6. The van der Waals surface area contributed by atoms with Crippen LogP contribution in [0.25, 0.3) is 0 Å². The maximum Gasteiger partial charge on any atom is 0.433 e. The highest BCUT2D eigenvalue weighted by Crippen LogP contribution is 2.27. The standard InChI is InChI=1S/C13H20F3N3S/c1-4-20-8-10(3)17-6-5-12-18-9(2)7-11(19-12)13(14,15)16/h7,10,17H,4-6,8H2,1-3H3. The summed E-state index contributed by atoms with van der Waals surface area (Å²) in [7, 11) is 0. The molecule has 114 valence electrons. The molecule has 0 saturated heterocycles. The molecule has 3 nitrogen and oxygen atoms in total. The average Bonchev–Trinajstić information content (AvgIpc) is 2.34. The second-order valence-corrected chi connectivity index (χ2v) is 5.89. The molecule has 0 radical (unpaired) electrons. The lowest BCUT2D eigenvalue weighted by molar-refractivity contribution is -0.141. The first-order valence-electron chi connectivity index (χ1n) is 6.55. The summed E-state index contributed by atoms with van der Waals surface area (Å²) in [6, 6.07) is 1.30. The van der Waals surface area contributed by atoms with Gasteiger partial charge in [0.1, 0.15) is 11.5 Å². The molecule has 1 N–H and O–H groups in total. The number of hydrogen-bond acceptors (Lipinski definition) is 4. The maximum absolute atomic E-state index is 12.6. The fraction of sp³-hybridized carbons (Fsp3) is 0.692. The number of halogens is 3. The van der Waals surface area contributed by atoms with Crippen molar-refractivity contribution in [3.05, 3.63) is 23.3 Å². The molecule has 0 fully saturated rings. The van der Waals surface area contributed by atoms with E-state index in [1.165, 1.54) is 0 Å². The van der Waals surface area contributed by atoms with Gasteiger partial charge in [0.25, 0.3) is 0 Å². The van der Waals surface area contributed by atoms with Crippen LogP contribution in [0.1, 0.15) is 31.1 Å². The predicted molar refractivity (Wildman–Crippen MR) is 75.9 cm³/mol. The van der Waals surface area contributed by atoms with Gasteiger partial charge in [-0.3, -0.25) is 0 Å². The summed E-state index contributed by atoms with van der Waals surface area (Å²) in [5.41, 5.74) is -0.522. The van der Waals surface area contributed by atoms with Crippen molar-refractivity contribution in [2.24, 2.45) is 0 Å². The van der Waals surface area contributed by atoms with Crippen molar-refractivity contribution < 1.29 is 13.2 Å². The Morgan fingerprint density at radius 3 is 2.65 bits per heavy atom. The number of alkyl halides is 3. The van der Waals surface area contributed by atoms with E-state index < -0.39 is 11.9 Å². The van der Waals surface area contributed by atoms with Gasteiger partial charge < -0.3 is 5.32 Å². The summed E-state index contributed by atoms with van der Waals surface area (Å²) in [6.07, 6.45) is -4.02. The Hall–Kier alpha value is -0.820. The third-order valence-electron chi connectivity index (χ3n) is 2.60. The van der Waals surface area contributed by atoms with E-state index in [2.05, 4.69) is 29.1 Å². The molecule has 0 aliphatic heterocycles. The topological polar surface area (TPSA) is 37.8 Å². The Kier molecular flexibility index (Phi) is 6.75. The molecule has 20 heavy (non-hydrogen) atoms. The van der Waals surface area contributed by atoms with Crippen molar-refractivity contribution in [1.82, 2.24) is 15.3 Å². The lowest BCUT2D eigenvalue weighted by Gasteiger charge is -2.13. The molecular weight excluding hydrogens is 287 g/mol. The first-order chi connectivity index (χ1) is 9.32. The number of hydrogen-bond donors (Lipinski definition) is 1. The van der Waals surface area contributed by atoms with E-state index in [1.54, 1.807) is 6.92 Å². The van der Waals surface area contributed by atoms with Crippen LogP contribution < -0.4 is 5.32 Å². The summed E-state index contributed by atoms with van der Waals surface area (Å²) in [4.78, 5) is 7.63. The van der Waals surface area contributed by atoms with Crippen LogP contribution in [0.5, 0.6) is 0 Å². The van der Waals surface area contributed by atoms with Gasteiger partial charge in [0.15, 0.2) is 0 Å². The summed E-state index contributed by atoms with van der Waals surface area (Å²) in [5, 5.41) is 3.26. The zero-order valence-electron chi connectivity index (χ0n) is 11.9. The normalized spacial score (nSPS) is 13.5. The molecule has 0 bridgehead atoms. The van der Waals surface area contributed by atoms with Gasteiger partial charge in [0.2, 0.25) is 0 Å². The van der Waals surface area contributed by atoms with Crippen LogP contribution in [0.2, 0.25) is 0 Å². The number of nitrogens with one attached hydrogen (secondary N) is 1. The Balaban J connectivity index is 2.54. The van der Waals surface area contributed by atoms with Crippen molar-refractivity contribution in [3.63, 3.8) is 0 Å². The number of rotatable bonds is 7. The van der Waals surface area contributed by atoms with Crippen LogP contribution in [-0.4, -0.2) is 34.1 Å². The Labute approximate surface area is 121 Å². The molecule has 1 aromatic rings. The Morgan fingerprint density at radius 2 is 2.05 bits per heavy atom. The van der Waals surface area contributed by atoms with E-state index in [1.807, 2.05) is 11.8 Å². The molecular formula is C13H20F3N3S. The van der Waals surface area contributed by atoms with E-state index in [4.69, 9.17) is 0 Å². The molecule has 1 rings (SSSR count). The number of nitrogens with zero attached hydrogens (tertiary/aromatic N) is 2. The van der Waals surface area contributed by atoms with E-state index in [-0.39, 0.29) is 5.82 Å². The first-order valence-corrected chi connectivity index (χ1v) is 7.71. The van der Waals surface area contributed by atoms with E-state index in [9.17, 15) is 13.2 Å². The fourth-order valence-corrected chi connectivity index (χ4v) is 2.38. The zero-order chi connectivity index (χ0) is 15.2. The smallest absolute Gasteiger partial charge is 0.313 e. The Morgan fingerprint density at radius 1 is 1.35 bits per heavy atom. The van der Waals surface area contributed by atoms with Crippen LogP contribution in [0.3, 0.4) is 0 Å². The molecule has 1 heterocycles. The first kappa shape index (κ1) is 17.2. The lowest BCUT2D eigenvalue weighted by Crippen LogP contribution is -2.30. The molecule has 0 aromatic carbocycles. The summed E-state index contributed by atoms with van der Waals surface area (Å²) in [6.45, 7) is 6.28. The van der Waals surface area contributed by atoms with E-state index in [0.717, 1.165) is 17.6 Å². The van der Waals surface area contributed by atoms with Gasteiger partial charge in [0.05, 0.1) is 0 Å². The number of aryl methyl sites for hydroxylation is 1. The Bertz CT molecular complexity index is 424. The monoisotopic (exact) mass is 307 g/mol. The van der Waals surface area contributed by atoms with Crippen molar-refractivity contribution >= 4 is 11.8 Å². The molecule has 0 aliphatic rings. The van der Waals surface area contributed by atoms with Crippen molar-refractivity contribution in [2.75, 3.05) is 18.1 Å². The van der Waals surface area contributed by atoms with Gasteiger partial charge in [-0.25, -0.2) is 9.97 Å². The molecule has 0 aliphatic carbocycles. The van der Waals surface area contributed by atoms with Crippen molar-refractivity contribution in [3.8, 4) is 0 Å². The van der Waals surface area contributed by atoms with Crippen LogP contribution >= 0.6 is 11.8 Å². The lowest BCUT2D eigenvalue weighted by atomic mass is 10.3. The number of thioether (sulfide) groups is 1. The van der Waals surface area contributed by atoms with E-state index >= 15 is 0 Å². The molecule has 1 atom stereocenters. The van der Waals surface area contributed by atoms with Crippen LogP contribution in [0.15, 0.2) is 6.07 Å². The third kappa shape index (κ3) is 6.09. The van der Waals surface area contributed by atoms with Crippen molar-refractivity contribution in [1.29, 1.82) is 0 Å². The second kappa shape index (κ2) is 7.83. The quantitative estimate of drug-likeness (QED) is 0.840. The minimum absolute atomic E-state index is 0.236.